The maximum atomic E-state index is 11.2. The van der Waals surface area contributed by atoms with Gasteiger partial charge in [0.1, 0.15) is 0 Å². The second kappa shape index (κ2) is 3.92. The maximum absolute atomic E-state index is 11.2. The average Bonchev–Trinajstić information content (AvgIpc) is 2.30. The number of carbonyl (C=O) groups excluding carboxylic acids is 1. The Balaban J connectivity index is 2.62. The summed E-state index contributed by atoms with van der Waals surface area (Å²) in [6, 6.07) is 0. The number of hydrogen-bond donors (Lipinski definition) is 0. The second-order valence-electron chi connectivity index (χ2n) is 5.38. The van der Waals surface area contributed by atoms with E-state index in [2.05, 4.69) is 27.7 Å². The van der Waals surface area contributed by atoms with E-state index < -0.39 is 0 Å². The Morgan fingerprint density at radius 3 is 2.36 bits per heavy atom. The molecule has 0 heterocycles. The summed E-state index contributed by atoms with van der Waals surface area (Å²) in [6.45, 7) is 9.14. The van der Waals surface area contributed by atoms with Gasteiger partial charge in [0.2, 0.25) is 0 Å². The lowest BCUT2D eigenvalue weighted by Gasteiger charge is -2.25. The Bertz CT molecular complexity index is 220. The number of hydrogen-bond acceptors (Lipinski definition) is 2. The van der Waals surface area contributed by atoms with E-state index in [-0.39, 0.29) is 5.97 Å². The fourth-order valence-electron chi connectivity index (χ4n) is 2.72. The van der Waals surface area contributed by atoms with E-state index in [1.165, 1.54) is 7.11 Å². The molecule has 0 radical (unpaired) electrons. The molecule has 1 saturated carbocycles. The normalized spacial score (nSPS) is 35.6. The lowest BCUT2D eigenvalue weighted by atomic mass is 9.81. The Hall–Kier alpha value is -0.530. The van der Waals surface area contributed by atoms with Crippen LogP contribution in [0.25, 0.3) is 0 Å². The van der Waals surface area contributed by atoms with Crippen molar-refractivity contribution < 1.29 is 9.53 Å². The fourth-order valence-corrected chi connectivity index (χ4v) is 2.72. The van der Waals surface area contributed by atoms with Gasteiger partial charge in [0.15, 0.2) is 0 Å². The molecule has 0 aliphatic heterocycles. The first-order valence-corrected chi connectivity index (χ1v) is 5.45. The van der Waals surface area contributed by atoms with Crippen molar-refractivity contribution in [2.75, 3.05) is 7.11 Å². The standard InChI is InChI=1S/C12H22O2/c1-8-9(2)12(3,4)7-10(8)6-11(13)14-5/h8-10H,6-7H2,1-5H3. The summed E-state index contributed by atoms with van der Waals surface area (Å²) in [7, 11) is 1.47. The van der Waals surface area contributed by atoms with Gasteiger partial charge in [-0.15, -0.1) is 0 Å². The van der Waals surface area contributed by atoms with Gasteiger partial charge in [-0.05, 0) is 29.6 Å². The molecule has 82 valence electrons. The molecule has 3 atom stereocenters. The predicted octanol–water partition coefficient (Wildman–Crippen LogP) is 2.87. The second-order valence-corrected chi connectivity index (χ2v) is 5.38. The van der Waals surface area contributed by atoms with Crippen molar-refractivity contribution in [1.29, 1.82) is 0 Å². The SMILES string of the molecule is COC(=O)CC1CC(C)(C)C(C)C1C. The first-order chi connectivity index (χ1) is 6.38. The topological polar surface area (TPSA) is 26.3 Å². The molecule has 1 aliphatic rings. The summed E-state index contributed by atoms with van der Waals surface area (Å²) in [5.41, 5.74) is 0.373. The number of esters is 1. The molecule has 2 heteroatoms. The molecule has 1 aliphatic carbocycles. The quantitative estimate of drug-likeness (QED) is 0.638. The van der Waals surface area contributed by atoms with Gasteiger partial charge in [-0.3, -0.25) is 4.79 Å². The highest BCUT2D eigenvalue weighted by Crippen LogP contribution is 2.50. The van der Waals surface area contributed by atoms with Crippen molar-refractivity contribution in [3.05, 3.63) is 0 Å². The van der Waals surface area contributed by atoms with E-state index in [1.807, 2.05) is 0 Å². The van der Waals surface area contributed by atoms with Crippen LogP contribution in [0.15, 0.2) is 0 Å². The van der Waals surface area contributed by atoms with Crippen LogP contribution in [-0.2, 0) is 9.53 Å². The third kappa shape index (κ3) is 2.10. The third-order valence-corrected chi connectivity index (χ3v) is 4.21. The largest absolute Gasteiger partial charge is 0.469 e. The minimum atomic E-state index is -0.0632. The van der Waals surface area contributed by atoms with E-state index >= 15 is 0 Å². The summed E-state index contributed by atoms with van der Waals surface area (Å²) in [6.07, 6.45) is 1.73. The van der Waals surface area contributed by atoms with Crippen molar-refractivity contribution >= 4 is 5.97 Å². The van der Waals surface area contributed by atoms with Gasteiger partial charge in [0.25, 0.3) is 0 Å². The van der Waals surface area contributed by atoms with Crippen LogP contribution >= 0.6 is 0 Å². The zero-order valence-electron chi connectivity index (χ0n) is 9.96. The highest BCUT2D eigenvalue weighted by Gasteiger charge is 2.43. The molecule has 0 aromatic carbocycles. The molecule has 1 rings (SSSR count). The van der Waals surface area contributed by atoms with Crippen LogP contribution in [-0.4, -0.2) is 13.1 Å². The zero-order valence-corrected chi connectivity index (χ0v) is 9.96. The average molecular weight is 198 g/mol. The molecule has 14 heavy (non-hydrogen) atoms. The molecule has 0 aromatic rings. The molecular formula is C12H22O2. The number of carbonyl (C=O) groups is 1. The van der Waals surface area contributed by atoms with Gasteiger partial charge in [0.05, 0.1) is 7.11 Å². The predicted molar refractivity (Wildman–Crippen MR) is 56.8 cm³/mol. The Labute approximate surface area is 87.0 Å². The highest BCUT2D eigenvalue weighted by molar-refractivity contribution is 5.69. The van der Waals surface area contributed by atoms with Crippen LogP contribution in [0.2, 0.25) is 0 Å². The Morgan fingerprint density at radius 1 is 1.43 bits per heavy atom. The van der Waals surface area contributed by atoms with Crippen LogP contribution in [0.1, 0.15) is 40.5 Å². The first-order valence-electron chi connectivity index (χ1n) is 5.45. The molecule has 1 fully saturated rings. The lowest BCUT2D eigenvalue weighted by molar-refractivity contribution is -0.142. The van der Waals surface area contributed by atoms with Gasteiger partial charge in [0, 0.05) is 6.42 Å². The van der Waals surface area contributed by atoms with Crippen LogP contribution < -0.4 is 0 Å². The number of methoxy groups -OCH3 is 1. The Kier molecular flexibility index (Phi) is 3.23. The molecule has 0 spiro atoms. The van der Waals surface area contributed by atoms with Crippen molar-refractivity contribution in [1.82, 2.24) is 0 Å². The summed E-state index contributed by atoms with van der Waals surface area (Å²) >= 11 is 0. The van der Waals surface area contributed by atoms with Crippen molar-refractivity contribution in [3.63, 3.8) is 0 Å². The smallest absolute Gasteiger partial charge is 0.305 e. The molecule has 0 saturated heterocycles. The number of rotatable bonds is 2. The van der Waals surface area contributed by atoms with E-state index in [0.717, 1.165) is 6.42 Å². The van der Waals surface area contributed by atoms with Crippen LogP contribution in [0.5, 0.6) is 0 Å². The fraction of sp³-hybridized carbons (Fsp3) is 0.917. The van der Waals surface area contributed by atoms with E-state index in [0.29, 0.717) is 29.6 Å². The summed E-state index contributed by atoms with van der Waals surface area (Å²) in [4.78, 5) is 11.2. The van der Waals surface area contributed by atoms with E-state index in [9.17, 15) is 4.79 Å². The van der Waals surface area contributed by atoms with Crippen LogP contribution in [0.3, 0.4) is 0 Å². The minimum absolute atomic E-state index is 0.0632. The monoisotopic (exact) mass is 198 g/mol. The van der Waals surface area contributed by atoms with Gasteiger partial charge in [-0.1, -0.05) is 27.7 Å². The van der Waals surface area contributed by atoms with Gasteiger partial charge in [-0.25, -0.2) is 0 Å². The third-order valence-electron chi connectivity index (χ3n) is 4.21. The first kappa shape index (κ1) is 11.5. The lowest BCUT2D eigenvalue weighted by Crippen LogP contribution is -2.17. The summed E-state index contributed by atoms with van der Waals surface area (Å²) in [5, 5.41) is 0. The van der Waals surface area contributed by atoms with Crippen molar-refractivity contribution in [2.45, 2.75) is 40.5 Å². The molecular weight excluding hydrogens is 176 g/mol. The molecule has 2 nitrogen and oxygen atoms in total. The molecule has 0 amide bonds. The molecule has 0 bridgehead atoms. The van der Waals surface area contributed by atoms with E-state index in [1.54, 1.807) is 0 Å². The highest BCUT2D eigenvalue weighted by atomic mass is 16.5. The summed E-state index contributed by atoms with van der Waals surface area (Å²) in [5.74, 6) is 1.76. The Morgan fingerprint density at radius 2 is 2.00 bits per heavy atom. The maximum Gasteiger partial charge on any atom is 0.305 e. The van der Waals surface area contributed by atoms with Gasteiger partial charge >= 0.3 is 5.97 Å². The van der Waals surface area contributed by atoms with Gasteiger partial charge < -0.3 is 4.74 Å². The summed E-state index contributed by atoms with van der Waals surface area (Å²) < 4.78 is 4.72. The van der Waals surface area contributed by atoms with Crippen molar-refractivity contribution in [3.8, 4) is 0 Å². The zero-order chi connectivity index (χ0) is 10.9. The molecule has 3 unspecified atom stereocenters. The van der Waals surface area contributed by atoms with Crippen LogP contribution in [0.4, 0.5) is 0 Å². The van der Waals surface area contributed by atoms with Crippen molar-refractivity contribution in [2.24, 2.45) is 23.2 Å². The molecule has 0 N–H and O–H groups in total. The molecule has 0 aromatic heterocycles. The minimum Gasteiger partial charge on any atom is -0.469 e. The van der Waals surface area contributed by atoms with E-state index in [4.69, 9.17) is 4.74 Å². The van der Waals surface area contributed by atoms with Gasteiger partial charge in [-0.2, -0.15) is 0 Å². The number of ether oxygens (including phenoxy) is 1. The van der Waals surface area contributed by atoms with Crippen LogP contribution in [0, 0.1) is 23.2 Å².